The van der Waals surface area contributed by atoms with Crippen molar-refractivity contribution in [1.29, 1.82) is 0 Å². The van der Waals surface area contributed by atoms with Crippen LogP contribution >= 0.6 is 0 Å². The van der Waals surface area contributed by atoms with Gasteiger partial charge in [-0.2, -0.15) is 0 Å². The lowest BCUT2D eigenvalue weighted by Crippen LogP contribution is -2.52. The number of aromatic nitrogens is 2. The van der Waals surface area contributed by atoms with E-state index >= 15 is 0 Å². The van der Waals surface area contributed by atoms with Crippen molar-refractivity contribution in [3.8, 4) is 0 Å². The molecule has 2 fully saturated rings. The molecule has 1 atom stereocenters. The highest BCUT2D eigenvalue weighted by Gasteiger charge is 2.33. The van der Waals surface area contributed by atoms with E-state index in [1.807, 2.05) is 13.1 Å². The summed E-state index contributed by atoms with van der Waals surface area (Å²) in [6, 6.07) is 2.04. The molecule has 1 saturated carbocycles. The molecule has 1 saturated heterocycles. The zero-order valence-corrected chi connectivity index (χ0v) is 12.8. The smallest absolute Gasteiger partial charge is 0.136 e. The Balaban J connectivity index is 1.90. The summed E-state index contributed by atoms with van der Waals surface area (Å²) in [6.45, 7) is 8.14. The minimum absolute atomic E-state index is 0.137. The molecule has 0 spiro atoms. The van der Waals surface area contributed by atoms with Crippen molar-refractivity contribution in [3.05, 3.63) is 11.9 Å². The van der Waals surface area contributed by atoms with Crippen LogP contribution in [0.25, 0.3) is 0 Å². The molecular weight excluding hydrogens is 252 g/mol. The number of ether oxygens (including phenoxy) is 1. The van der Waals surface area contributed by atoms with Gasteiger partial charge in [0.05, 0.1) is 11.7 Å². The first-order valence-corrected chi connectivity index (χ1v) is 7.46. The Bertz CT molecular complexity index is 499. The van der Waals surface area contributed by atoms with E-state index < -0.39 is 0 Å². The summed E-state index contributed by atoms with van der Waals surface area (Å²) in [5, 5.41) is 3.15. The fourth-order valence-electron chi connectivity index (χ4n) is 2.90. The first-order chi connectivity index (χ1) is 9.47. The number of anilines is 2. The predicted molar refractivity (Wildman–Crippen MR) is 80.4 cm³/mol. The largest absolute Gasteiger partial charge is 0.373 e. The van der Waals surface area contributed by atoms with E-state index in [9.17, 15) is 0 Å². The monoisotopic (exact) mass is 276 g/mol. The molecule has 0 amide bonds. The second kappa shape index (κ2) is 4.88. The molecule has 2 heterocycles. The van der Waals surface area contributed by atoms with Gasteiger partial charge in [-0.25, -0.2) is 9.97 Å². The fraction of sp³-hybridized carbons (Fsp3) is 0.733. The third kappa shape index (κ3) is 2.87. The molecule has 0 aromatic carbocycles. The molecule has 2 aliphatic rings. The highest BCUT2D eigenvalue weighted by Crippen LogP contribution is 2.39. The SMILES string of the molecule is CNc1cc(N2CC(C)OC(C)(C)C2)nc(C2CC2)n1. The Morgan fingerprint density at radius 2 is 2.10 bits per heavy atom. The average molecular weight is 276 g/mol. The van der Waals surface area contributed by atoms with Gasteiger partial charge in [0, 0.05) is 32.1 Å². The lowest BCUT2D eigenvalue weighted by Gasteiger charge is -2.42. The van der Waals surface area contributed by atoms with Crippen molar-refractivity contribution < 1.29 is 4.74 Å². The van der Waals surface area contributed by atoms with E-state index in [0.29, 0.717) is 5.92 Å². The van der Waals surface area contributed by atoms with Crippen molar-refractivity contribution in [3.63, 3.8) is 0 Å². The molecule has 1 aromatic heterocycles. The van der Waals surface area contributed by atoms with Crippen LogP contribution in [0.2, 0.25) is 0 Å². The Kier molecular flexibility index (Phi) is 3.32. The molecular formula is C15H24N4O. The van der Waals surface area contributed by atoms with Crippen molar-refractivity contribution >= 4 is 11.6 Å². The molecule has 1 unspecified atom stereocenters. The van der Waals surface area contributed by atoms with Crippen LogP contribution in [-0.2, 0) is 4.74 Å². The Hall–Kier alpha value is -1.36. The van der Waals surface area contributed by atoms with Gasteiger partial charge in [0.15, 0.2) is 0 Å². The summed E-state index contributed by atoms with van der Waals surface area (Å²) >= 11 is 0. The Morgan fingerprint density at radius 3 is 2.70 bits per heavy atom. The molecule has 1 aromatic rings. The second-order valence-electron chi connectivity index (χ2n) is 6.56. The van der Waals surface area contributed by atoms with E-state index in [2.05, 4.69) is 36.0 Å². The first-order valence-electron chi connectivity index (χ1n) is 7.46. The molecule has 5 heteroatoms. The van der Waals surface area contributed by atoms with Gasteiger partial charge in [0.25, 0.3) is 0 Å². The number of hydrogen-bond acceptors (Lipinski definition) is 5. The van der Waals surface area contributed by atoms with Crippen LogP contribution < -0.4 is 10.2 Å². The van der Waals surface area contributed by atoms with Crippen LogP contribution in [0.5, 0.6) is 0 Å². The maximum Gasteiger partial charge on any atom is 0.136 e. The molecule has 5 nitrogen and oxygen atoms in total. The van der Waals surface area contributed by atoms with Gasteiger partial charge in [0.2, 0.25) is 0 Å². The highest BCUT2D eigenvalue weighted by molar-refractivity contribution is 5.50. The van der Waals surface area contributed by atoms with E-state index in [1.165, 1.54) is 12.8 Å². The van der Waals surface area contributed by atoms with Gasteiger partial charge in [0.1, 0.15) is 17.5 Å². The first kappa shape index (κ1) is 13.6. The molecule has 0 bridgehead atoms. The molecule has 0 radical (unpaired) electrons. The van der Waals surface area contributed by atoms with Gasteiger partial charge >= 0.3 is 0 Å². The lowest BCUT2D eigenvalue weighted by atomic mass is 10.1. The van der Waals surface area contributed by atoms with Crippen molar-refractivity contribution in [2.45, 2.75) is 51.2 Å². The Morgan fingerprint density at radius 1 is 1.35 bits per heavy atom. The molecule has 3 rings (SSSR count). The molecule has 1 N–H and O–H groups in total. The second-order valence-corrected chi connectivity index (χ2v) is 6.56. The summed E-state index contributed by atoms with van der Waals surface area (Å²) in [5.74, 6) is 3.49. The molecule has 1 aliphatic carbocycles. The van der Waals surface area contributed by atoms with E-state index in [0.717, 1.165) is 30.5 Å². The van der Waals surface area contributed by atoms with Gasteiger partial charge in [-0.05, 0) is 33.6 Å². The summed E-state index contributed by atoms with van der Waals surface area (Å²) in [5.41, 5.74) is -0.137. The predicted octanol–water partition coefficient (Wildman–Crippen LogP) is 2.40. The van der Waals surface area contributed by atoms with Crippen LogP contribution in [-0.4, -0.2) is 41.8 Å². The minimum Gasteiger partial charge on any atom is -0.373 e. The topological polar surface area (TPSA) is 50.3 Å². The maximum atomic E-state index is 5.97. The van der Waals surface area contributed by atoms with E-state index in [1.54, 1.807) is 0 Å². The molecule has 20 heavy (non-hydrogen) atoms. The number of hydrogen-bond donors (Lipinski definition) is 1. The molecule has 110 valence electrons. The van der Waals surface area contributed by atoms with E-state index in [-0.39, 0.29) is 11.7 Å². The normalized spacial score (nSPS) is 25.6. The van der Waals surface area contributed by atoms with Crippen molar-refractivity contribution in [1.82, 2.24) is 9.97 Å². The lowest BCUT2D eigenvalue weighted by molar-refractivity contribution is -0.0751. The van der Waals surface area contributed by atoms with Gasteiger partial charge < -0.3 is 15.0 Å². The van der Waals surface area contributed by atoms with Crippen LogP contribution in [0.3, 0.4) is 0 Å². The Labute approximate surface area is 120 Å². The summed E-state index contributed by atoms with van der Waals surface area (Å²) in [7, 11) is 1.91. The summed E-state index contributed by atoms with van der Waals surface area (Å²) < 4.78 is 5.97. The third-order valence-corrected chi connectivity index (χ3v) is 3.82. The number of nitrogens with zero attached hydrogens (tertiary/aromatic N) is 3. The third-order valence-electron chi connectivity index (χ3n) is 3.82. The summed E-state index contributed by atoms with van der Waals surface area (Å²) in [6.07, 6.45) is 2.66. The van der Waals surface area contributed by atoms with Crippen LogP contribution in [0.4, 0.5) is 11.6 Å². The maximum absolute atomic E-state index is 5.97. The van der Waals surface area contributed by atoms with Crippen LogP contribution in [0.1, 0.15) is 45.4 Å². The quantitative estimate of drug-likeness (QED) is 0.918. The minimum atomic E-state index is -0.137. The zero-order valence-electron chi connectivity index (χ0n) is 12.8. The standard InChI is InChI=1S/C15H24N4O/c1-10-8-19(9-15(2,3)20-10)13-7-12(16-4)17-14(18-13)11-5-6-11/h7,10-11H,5-6,8-9H2,1-4H3,(H,16,17,18). The molecule has 1 aliphatic heterocycles. The number of rotatable bonds is 3. The van der Waals surface area contributed by atoms with Gasteiger partial charge in [-0.15, -0.1) is 0 Å². The van der Waals surface area contributed by atoms with Crippen molar-refractivity contribution in [2.75, 3.05) is 30.4 Å². The zero-order chi connectivity index (χ0) is 14.3. The highest BCUT2D eigenvalue weighted by atomic mass is 16.5. The fourth-order valence-corrected chi connectivity index (χ4v) is 2.90. The van der Waals surface area contributed by atoms with E-state index in [4.69, 9.17) is 9.72 Å². The van der Waals surface area contributed by atoms with Crippen molar-refractivity contribution in [2.24, 2.45) is 0 Å². The van der Waals surface area contributed by atoms with Crippen LogP contribution in [0.15, 0.2) is 6.07 Å². The number of morpholine rings is 1. The van der Waals surface area contributed by atoms with Crippen LogP contribution in [0, 0.1) is 0 Å². The van der Waals surface area contributed by atoms with Gasteiger partial charge in [-0.1, -0.05) is 0 Å². The summed E-state index contributed by atoms with van der Waals surface area (Å²) in [4.78, 5) is 11.7. The van der Waals surface area contributed by atoms with Gasteiger partial charge in [-0.3, -0.25) is 0 Å². The number of nitrogens with one attached hydrogen (secondary N) is 1. The average Bonchev–Trinajstić information content (AvgIpc) is 3.20.